The normalized spacial score (nSPS) is 20.9. The van der Waals surface area contributed by atoms with Gasteiger partial charge in [-0.2, -0.15) is 5.10 Å². The van der Waals surface area contributed by atoms with Gasteiger partial charge in [0.1, 0.15) is 23.5 Å². The number of amides is 1. The summed E-state index contributed by atoms with van der Waals surface area (Å²) in [6.45, 7) is 8.54. The van der Waals surface area contributed by atoms with Gasteiger partial charge in [0.15, 0.2) is 5.82 Å². The summed E-state index contributed by atoms with van der Waals surface area (Å²) in [5.41, 5.74) is 4.74. The maximum atomic E-state index is 12.2. The Balaban J connectivity index is 1.27. The van der Waals surface area contributed by atoms with E-state index in [9.17, 15) is 4.79 Å². The maximum absolute atomic E-state index is 12.2. The van der Waals surface area contributed by atoms with Crippen LogP contribution in [0.2, 0.25) is 0 Å². The summed E-state index contributed by atoms with van der Waals surface area (Å²) in [6, 6.07) is 10.2. The number of aromatic nitrogens is 5. The number of morpholine rings is 1. The van der Waals surface area contributed by atoms with Crippen molar-refractivity contribution in [2.45, 2.75) is 58.7 Å². The van der Waals surface area contributed by atoms with E-state index >= 15 is 0 Å². The average Bonchev–Trinajstić information content (AvgIpc) is 3.25. The van der Waals surface area contributed by atoms with E-state index in [4.69, 9.17) is 9.47 Å². The number of anilines is 2. The largest absolute Gasteiger partial charge is 0.488 e. The molecule has 4 aromatic heterocycles. The molecule has 0 radical (unpaired) electrons. The molecule has 2 saturated heterocycles. The molecule has 0 aliphatic carbocycles. The van der Waals surface area contributed by atoms with Crippen molar-refractivity contribution in [2.75, 3.05) is 18.5 Å². The molecule has 0 saturated carbocycles. The molecule has 2 unspecified atom stereocenters. The lowest BCUT2D eigenvalue weighted by molar-refractivity contribution is -0.153. The smallest absolute Gasteiger partial charge is 0.220 e. The molecule has 6 heterocycles. The van der Waals surface area contributed by atoms with Gasteiger partial charge in [0.2, 0.25) is 5.91 Å². The average molecular weight is 514 g/mol. The Hall–Kier alpha value is -4.05. The third kappa shape index (κ3) is 4.79. The lowest BCUT2D eigenvalue weighted by atomic mass is 9.91. The van der Waals surface area contributed by atoms with Crippen molar-refractivity contribution in [1.82, 2.24) is 29.5 Å². The molecule has 2 fully saturated rings. The lowest BCUT2D eigenvalue weighted by Gasteiger charge is -2.47. The van der Waals surface area contributed by atoms with Gasteiger partial charge in [-0.3, -0.25) is 9.78 Å². The van der Waals surface area contributed by atoms with Crippen LogP contribution in [0.25, 0.3) is 16.6 Å². The molecule has 2 aliphatic rings. The van der Waals surface area contributed by atoms with Crippen LogP contribution in [0.4, 0.5) is 11.6 Å². The molecule has 38 heavy (non-hydrogen) atoms. The molecule has 10 heteroatoms. The summed E-state index contributed by atoms with van der Waals surface area (Å²) in [5, 5.41) is 7.93. The summed E-state index contributed by atoms with van der Waals surface area (Å²) in [5.74, 6) is 2.97. The van der Waals surface area contributed by atoms with Crippen LogP contribution in [0.5, 0.6) is 5.75 Å². The highest BCUT2D eigenvalue weighted by Gasteiger charge is 2.41. The number of hydrogen-bond donors (Lipinski definition) is 1. The van der Waals surface area contributed by atoms with Crippen LogP contribution in [0.15, 0.2) is 42.7 Å². The highest BCUT2D eigenvalue weighted by atomic mass is 16.5. The number of nitrogens with zero attached hydrogens (tertiary/aromatic N) is 6. The molecule has 1 amide bonds. The van der Waals surface area contributed by atoms with E-state index in [1.807, 2.05) is 60.8 Å². The van der Waals surface area contributed by atoms with Gasteiger partial charge in [-0.15, -0.1) is 0 Å². The molecular weight excluding hydrogens is 482 g/mol. The quantitative estimate of drug-likeness (QED) is 0.427. The van der Waals surface area contributed by atoms with Crippen molar-refractivity contribution < 1.29 is 14.3 Å². The Morgan fingerprint density at radius 1 is 1.03 bits per heavy atom. The molecule has 0 aromatic carbocycles. The standard InChI is InChI=1S/C28H31N7O3/c1-16-7-25(26(13-29-16)38-24-10-22-14-37-15-23(11-24)35(22)19(4)36)20-5-6-34-21(9-20)12-28(33-34)32-27-8-17(2)30-18(3)31-27/h5-9,12-13,22-24H,10-11,14-15H2,1-4H3,(H,30,31,32,33). The Labute approximate surface area is 221 Å². The zero-order chi connectivity index (χ0) is 26.4. The molecule has 2 bridgehead atoms. The van der Waals surface area contributed by atoms with Crippen LogP contribution < -0.4 is 10.1 Å². The molecule has 4 aromatic rings. The van der Waals surface area contributed by atoms with Crippen LogP contribution in [-0.2, 0) is 9.53 Å². The Morgan fingerprint density at radius 2 is 1.82 bits per heavy atom. The molecular formula is C28H31N7O3. The van der Waals surface area contributed by atoms with E-state index in [1.54, 1.807) is 6.92 Å². The fourth-order valence-corrected chi connectivity index (χ4v) is 5.66. The van der Waals surface area contributed by atoms with Gasteiger partial charge in [-0.1, -0.05) is 0 Å². The van der Waals surface area contributed by atoms with Gasteiger partial charge < -0.3 is 19.7 Å². The number of nitrogens with one attached hydrogen (secondary N) is 1. The van der Waals surface area contributed by atoms with E-state index < -0.39 is 0 Å². The Morgan fingerprint density at radius 3 is 2.55 bits per heavy atom. The summed E-state index contributed by atoms with van der Waals surface area (Å²) < 4.78 is 14.1. The van der Waals surface area contributed by atoms with E-state index in [-0.39, 0.29) is 24.1 Å². The van der Waals surface area contributed by atoms with Crippen molar-refractivity contribution in [1.29, 1.82) is 0 Å². The minimum Gasteiger partial charge on any atom is -0.488 e. The summed E-state index contributed by atoms with van der Waals surface area (Å²) in [4.78, 5) is 27.5. The second kappa shape index (κ2) is 9.68. The third-order valence-corrected chi connectivity index (χ3v) is 7.14. The van der Waals surface area contributed by atoms with Crippen molar-refractivity contribution in [3.05, 3.63) is 59.9 Å². The summed E-state index contributed by atoms with van der Waals surface area (Å²) >= 11 is 0. The van der Waals surface area contributed by atoms with Crippen molar-refractivity contribution in [3.8, 4) is 16.9 Å². The highest BCUT2D eigenvalue weighted by Crippen LogP contribution is 2.36. The fraction of sp³-hybridized carbons (Fsp3) is 0.393. The van der Waals surface area contributed by atoms with Crippen molar-refractivity contribution in [3.63, 3.8) is 0 Å². The molecule has 10 nitrogen and oxygen atoms in total. The topological polar surface area (TPSA) is 107 Å². The van der Waals surface area contributed by atoms with Crippen LogP contribution >= 0.6 is 0 Å². The van der Waals surface area contributed by atoms with Crippen LogP contribution in [-0.4, -0.2) is 66.8 Å². The van der Waals surface area contributed by atoms with Crippen LogP contribution in [0.3, 0.4) is 0 Å². The highest BCUT2D eigenvalue weighted by molar-refractivity contribution is 5.76. The second-order valence-corrected chi connectivity index (χ2v) is 10.2. The fourth-order valence-electron chi connectivity index (χ4n) is 5.66. The predicted molar refractivity (Wildman–Crippen MR) is 143 cm³/mol. The molecule has 1 N–H and O–H groups in total. The number of piperidine rings is 1. The van der Waals surface area contributed by atoms with Gasteiger partial charge in [-0.05, 0) is 44.5 Å². The van der Waals surface area contributed by atoms with E-state index in [1.165, 1.54) is 0 Å². The molecule has 2 atom stereocenters. The lowest BCUT2D eigenvalue weighted by Crippen LogP contribution is -2.60. The van der Waals surface area contributed by atoms with E-state index in [2.05, 4.69) is 37.5 Å². The first-order chi connectivity index (χ1) is 18.3. The van der Waals surface area contributed by atoms with Crippen LogP contribution in [0.1, 0.15) is 37.0 Å². The molecule has 196 valence electrons. The number of carbonyl (C=O) groups excluding carboxylic acids is 1. The first kappa shape index (κ1) is 24.3. The molecule has 0 spiro atoms. The third-order valence-electron chi connectivity index (χ3n) is 7.14. The van der Waals surface area contributed by atoms with Crippen molar-refractivity contribution in [2.24, 2.45) is 0 Å². The van der Waals surface area contributed by atoms with Gasteiger partial charge in [0.05, 0.1) is 37.0 Å². The number of hydrogen-bond acceptors (Lipinski definition) is 8. The number of rotatable bonds is 5. The van der Waals surface area contributed by atoms with Gasteiger partial charge in [-0.25, -0.2) is 14.5 Å². The van der Waals surface area contributed by atoms with Gasteiger partial charge in [0, 0.05) is 55.0 Å². The van der Waals surface area contributed by atoms with E-state index in [0.717, 1.165) is 46.6 Å². The second-order valence-electron chi connectivity index (χ2n) is 10.2. The number of fused-ring (bicyclic) bond motifs is 3. The first-order valence-electron chi connectivity index (χ1n) is 12.9. The van der Waals surface area contributed by atoms with Crippen LogP contribution in [0, 0.1) is 20.8 Å². The van der Waals surface area contributed by atoms with Gasteiger partial charge >= 0.3 is 0 Å². The summed E-state index contributed by atoms with van der Waals surface area (Å²) in [7, 11) is 0. The van der Waals surface area contributed by atoms with E-state index in [0.29, 0.717) is 30.7 Å². The summed E-state index contributed by atoms with van der Waals surface area (Å²) in [6.07, 6.45) is 5.21. The van der Waals surface area contributed by atoms with Gasteiger partial charge in [0.25, 0.3) is 0 Å². The minimum absolute atomic E-state index is 0.0120. The number of carbonyl (C=O) groups is 1. The Bertz CT molecular complexity index is 1480. The maximum Gasteiger partial charge on any atom is 0.220 e. The SMILES string of the molecule is CC(=O)N1C2COCC1CC(Oc1cnc(C)cc1-c1ccn3nc(Nc4cc(C)nc(C)n4)cc3c1)C2. The number of ether oxygens (including phenoxy) is 2. The zero-order valence-corrected chi connectivity index (χ0v) is 22.0. The zero-order valence-electron chi connectivity index (χ0n) is 22.0. The Kier molecular flexibility index (Phi) is 6.19. The number of aryl methyl sites for hydroxylation is 3. The monoisotopic (exact) mass is 513 g/mol. The predicted octanol–water partition coefficient (Wildman–Crippen LogP) is 4.01. The minimum atomic E-state index is -0.0120. The number of pyridine rings is 2. The molecule has 6 rings (SSSR count). The van der Waals surface area contributed by atoms with Crippen molar-refractivity contribution >= 4 is 23.1 Å². The first-order valence-corrected chi connectivity index (χ1v) is 12.9. The molecule has 2 aliphatic heterocycles.